The molecule has 1 aliphatic heterocycles. The van der Waals surface area contributed by atoms with Gasteiger partial charge in [0.25, 0.3) is 5.91 Å². The average Bonchev–Trinajstić information content (AvgIpc) is 2.77. The van der Waals surface area contributed by atoms with E-state index in [0.29, 0.717) is 11.4 Å². The predicted octanol–water partition coefficient (Wildman–Crippen LogP) is 3.12. The Morgan fingerprint density at radius 3 is 2.03 bits per heavy atom. The van der Waals surface area contributed by atoms with Gasteiger partial charge < -0.3 is 10.1 Å². The van der Waals surface area contributed by atoms with Crippen LogP contribution in [0.4, 0.5) is 5.69 Å². The van der Waals surface area contributed by atoms with Crippen molar-refractivity contribution in [2.75, 3.05) is 17.1 Å². The molecule has 1 heterocycles. The number of ether oxygens (including phenoxy) is 1. The number of carbonyl (C=O) groups is 1. The topological polar surface area (TPSA) is 75.7 Å². The van der Waals surface area contributed by atoms with Crippen LogP contribution in [0.15, 0.2) is 84.9 Å². The minimum atomic E-state index is -3.57. The molecule has 3 aromatic carbocycles. The number of para-hydroxylation sites is 2. The fourth-order valence-corrected chi connectivity index (χ4v) is 4.45. The Morgan fingerprint density at radius 2 is 1.47 bits per heavy atom. The second-order valence-electron chi connectivity index (χ2n) is 7.13. The summed E-state index contributed by atoms with van der Waals surface area (Å²) in [6, 6.07) is 25.7. The van der Waals surface area contributed by atoms with Gasteiger partial charge in [0.2, 0.25) is 10.0 Å². The summed E-state index contributed by atoms with van der Waals surface area (Å²) in [4.78, 5) is 13.2. The maximum Gasteiger partial charge on any atom is 0.263 e. The highest BCUT2D eigenvalue weighted by Crippen LogP contribution is 2.35. The summed E-state index contributed by atoms with van der Waals surface area (Å²) in [5, 5.41) is 3.04. The summed E-state index contributed by atoms with van der Waals surface area (Å²) in [5.41, 5.74) is 2.29. The molecule has 7 heteroatoms. The largest absolute Gasteiger partial charge is 0.476 e. The fourth-order valence-electron chi connectivity index (χ4n) is 3.54. The second kappa shape index (κ2) is 8.20. The molecule has 0 saturated carbocycles. The lowest BCUT2D eigenvalue weighted by molar-refractivity contribution is -0.128. The van der Waals surface area contributed by atoms with E-state index in [1.807, 2.05) is 60.7 Å². The number of nitrogens with one attached hydrogen (secondary N) is 1. The smallest absolute Gasteiger partial charge is 0.263 e. The van der Waals surface area contributed by atoms with Crippen molar-refractivity contribution in [3.8, 4) is 5.75 Å². The SMILES string of the molecule is CS(=O)(=O)N1C[C@@H](C(=O)NC(c2ccccc2)c2ccccc2)Oc2ccccc21. The highest BCUT2D eigenvalue weighted by atomic mass is 32.2. The molecule has 0 bridgehead atoms. The Bertz CT molecular complexity index is 1090. The maximum atomic E-state index is 13.2. The minimum absolute atomic E-state index is 0.0853. The molecule has 1 aliphatic rings. The van der Waals surface area contributed by atoms with E-state index in [9.17, 15) is 13.2 Å². The molecule has 0 fully saturated rings. The molecule has 1 atom stereocenters. The van der Waals surface area contributed by atoms with E-state index < -0.39 is 16.1 Å². The van der Waals surface area contributed by atoms with Crippen LogP contribution in [0.2, 0.25) is 0 Å². The standard InChI is InChI=1S/C23H22N2O4S/c1-30(27,28)25-16-21(29-20-15-9-8-14-19(20)25)23(26)24-22(17-10-4-2-5-11-17)18-12-6-3-7-13-18/h2-15,21-22H,16H2,1H3,(H,24,26)/t21-/m0/s1. The van der Waals surface area contributed by atoms with Gasteiger partial charge >= 0.3 is 0 Å². The molecule has 6 nitrogen and oxygen atoms in total. The van der Waals surface area contributed by atoms with Crippen LogP contribution in [0.3, 0.4) is 0 Å². The van der Waals surface area contributed by atoms with E-state index in [-0.39, 0.29) is 18.5 Å². The zero-order valence-electron chi connectivity index (χ0n) is 16.4. The predicted molar refractivity (Wildman–Crippen MR) is 116 cm³/mol. The van der Waals surface area contributed by atoms with Gasteiger partial charge in [0.1, 0.15) is 5.75 Å². The van der Waals surface area contributed by atoms with Gasteiger partial charge in [0.05, 0.1) is 24.5 Å². The molecule has 0 aromatic heterocycles. The third-order valence-electron chi connectivity index (χ3n) is 4.98. The number of anilines is 1. The van der Waals surface area contributed by atoms with Crippen molar-refractivity contribution in [1.82, 2.24) is 5.32 Å². The Kier molecular flexibility index (Phi) is 5.46. The van der Waals surface area contributed by atoms with Gasteiger partial charge in [-0.2, -0.15) is 0 Å². The monoisotopic (exact) mass is 422 g/mol. The van der Waals surface area contributed by atoms with Crippen LogP contribution in [-0.4, -0.2) is 33.2 Å². The molecule has 0 saturated heterocycles. The lowest BCUT2D eigenvalue weighted by Gasteiger charge is -2.34. The molecule has 4 rings (SSSR count). The van der Waals surface area contributed by atoms with Crippen LogP contribution < -0.4 is 14.4 Å². The van der Waals surface area contributed by atoms with Gasteiger partial charge in [-0.3, -0.25) is 9.10 Å². The Morgan fingerprint density at radius 1 is 0.933 bits per heavy atom. The molecular formula is C23H22N2O4S. The van der Waals surface area contributed by atoms with E-state index in [1.165, 1.54) is 4.31 Å². The Hall–Kier alpha value is -3.32. The molecule has 3 aromatic rings. The minimum Gasteiger partial charge on any atom is -0.476 e. The van der Waals surface area contributed by atoms with Crippen LogP contribution in [0.1, 0.15) is 17.2 Å². The molecule has 0 spiro atoms. The van der Waals surface area contributed by atoms with Gasteiger partial charge in [-0.05, 0) is 23.3 Å². The van der Waals surface area contributed by atoms with Crippen LogP contribution in [0, 0.1) is 0 Å². The first-order chi connectivity index (χ1) is 14.4. The number of rotatable bonds is 5. The van der Waals surface area contributed by atoms with Crippen molar-refractivity contribution in [1.29, 1.82) is 0 Å². The van der Waals surface area contributed by atoms with Gasteiger partial charge in [-0.15, -0.1) is 0 Å². The highest BCUT2D eigenvalue weighted by Gasteiger charge is 2.35. The summed E-state index contributed by atoms with van der Waals surface area (Å²) in [6.45, 7) is -0.0853. The van der Waals surface area contributed by atoms with E-state index >= 15 is 0 Å². The first-order valence-electron chi connectivity index (χ1n) is 9.57. The number of hydrogen-bond acceptors (Lipinski definition) is 4. The molecule has 0 aliphatic carbocycles. The van der Waals surface area contributed by atoms with Crippen molar-refractivity contribution in [2.24, 2.45) is 0 Å². The second-order valence-corrected chi connectivity index (χ2v) is 9.04. The third-order valence-corrected chi connectivity index (χ3v) is 6.13. The first kappa shape index (κ1) is 20.0. The zero-order chi connectivity index (χ0) is 21.1. The van der Waals surface area contributed by atoms with E-state index in [1.54, 1.807) is 24.3 Å². The van der Waals surface area contributed by atoms with Crippen molar-refractivity contribution in [3.05, 3.63) is 96.1 Å². The number of carbonyl (C=O) groups excluding carboxylic acids is 1. The Balaban J connectivity index is 1.63. The van der Waals surface area contributed by atoms with Gasteiger partial charge in [-0.25, -0.2) is 8.42 Å². The Labute approximate surface area is 176 Å². The summed E-state index contributed by atoms with van der Waals surface area (Å²) in [7, 11) is -3.57. The summed E-state index contributed by atoms with van der Waals surface area (Å²) >= 11 is 0. The van der Waals surface area contributed by atoms with Crippen LogP contribution in [-0.2, 0) is 14.8 Å². The van der Waals surface area contributed by atoms with Crippen molar-refractivity contribution in [2.45, 2.75) is 12.1 Å². The number of fused-ring (bicyclic) bond motifs is 1. The number of benzene rings is 3. The molecule has 0 unspecified atom stereocenters. The third kappa shape index (κ3) is 4.16. The van der Waals surface area contributed by atoms with Crippen molar-refractivity contribution >= 4 is 21.6 Å². The van der Waals surface area contributed by atoms with Crippen molar-refractivity contribution < 1.29 is 17.9 Å². The fraction of sp³-hybridized carbons (Fsp3) is 0.174. The number of sulfonamides is 1. The summed E-state index contributed by atoms with van der Waals surface area (Å²) in [5.74, 6) is -0.0128. The molecule has 1 amide bonds. The zero-order valence-corrected chi connectivity index (χ0v) is 17.2. The van der Waals surface area contributed by atoms with Gasteiger partial charge in [0.15, 0.2) is 6.10 Å². The number of amides is 1. The molecule has 154 valence electrons. The van der Waals surface area contributed by atoms with E-state index in [2.05, 4.69) is 5.32 Å². The average molecular weight is 423 g/mol. The number of nitrogens with zero attached hydrogens (tertiary/aromatic N) is 1. The molecular weight excluding hydrogens is 400 g/mol. The van der Waals surface area contributed by atoms with Gasteiger partial charge in [-0.1, -0.05) is 72.8 Å². The molecule has 1 N–H and O–H groups in total. The van der Waals surface area contributed by atoms with Crippen LogP contribution >= 0.6 is 0 Å². The first-order valence-corrected chi connectivity index (χ1v) is 11.4. The molecule has 0 radical (unpaired) electrons. The van der Waals surface area contributed by atoms with Crippen LogP contribution in [0.25, 0.3) is 0 Å². The quantitative estimate of drug-likeness (QED) is 0.686. The van der Waals surface area contributed by atoms with E-state index in [4.69, 9.17) is 4.74 Å². The lowest BCUT2D eigenvalue weighted by atomic mass is 9.98. The number of hydrogen-bond donors (Lipinski definition) is 1. The molecule has 30 heavy (non-hydrogen) atoms. The summed E-state index contributed by atoms with van der Waals surface area (Å²) < 4.78 is 31.7. The van der Waals surface area contributed by atoms with Gasteiger partial charge in [0, 0.05) is 0 Å². The maximum absolute atomic E-state index is 13.2. The van der Waals surface area contributed by atoms with Crippen molar-refractivity contribution in [3.63, 3.8) is 0 Å². The highest BCUT2D eigenvalue weighted by molar-refractivity contribution is 7.92. The normalized spacial score (nSPS) is 15.9. The summed E-state index contributed by atoms with van der Waals surface area (Å²) in [6.07, 6.45) is 0.158. The van der Waals surface area contributed by atoms with E-state index in [0.717, 1.165) is 17.4 Å². The van der Waals surface area contributed by atoms with Crippen LogP contribution in [0.5, 0.6) is 5.75 Å². The lowest BCUT2D eigenvalue weighted by Crippen LogP contribution is -2.51.